The molecule has 2 aliphatic rings. The molecule has 8 nitrogen and oxygen atoms in total. The standard InChI is InChI=1S/C19H21N5O3/c1-13(25)15-10-16(22-21-15)17(26)23-8-3-5-19(12-23)6-9-24(18(19)27)14-4-2-7-20-11-14/h2,4,7,10-11H,3,5-6,8-9,12H2,1H3,(H,21,22). The van der Waals surface area contributed by atoms with Crippen molar-refractivity contribution in [1.29, 1.82) is 0 Å². The minimum absolute atomic E-state index is 0.0574. The van der Waals surface area contributed by atoms with Crippen LogP contribution in [0.4, 0.5) is 5.69 Å². The summed E-state index contributed by atoms with van der Waals surface area (Å²) >= 11 is 0. The van der Waals surface area contributed by atoms with E-state index in [1.165, 1.54) is 13.0 Å². The summed E-state index contributed by atoms with van der Waals surface area (Å²) in [4.78, 5) is 45.0. The van der Waals surface area contributed by atoms with Gasteiger partial charge >= 0.3 is 0 Å². The molecule has 4 heterocycles. The number of nitrogens with one attached hydrogen (secondary N) is 1. The number of likely N-dealkylation sites (tertiary alicyclic amines) is 1. The van der Waals surface area contributed by atoms with Crippen molar-refractivity contribution < 1.29 is 14.4 Å². The minimum Gasteiger partial charge on any atom is -0.336 e. The van der Waals surface area contributed by atoms with Crippen LogP contribution in [0.25, 0.3) is 0 Å². The Labute approximate surface area is 156 Å². The SMILES string of the molecule is CC(=O)c1cc(C(=O)N2CCCC3(CCN(c4cccnc4)C3=O)C2)[nH]n1. The highest BCUT2D eigenvalue weighted by atomic mass is 16.2. The number of carbonyl (C=O) groups is 3. The highest BCUT2D eigenvalue weighted by Crippen LogP contribution is 2.41. The van der Waals surface area contributed by atoms with Crippen LogP contribution in [0.2, 0.25) is 0 Å². The van der Waals surface area contributed by atoms with Crippen LogP contribution in [-0.2, 0) is 4.79 Å². The fourth-order valence-corrected chi connectivity index (χ4v) is 4.05. The summed E-state index contributed by atoms with van der Waals surface area (Å²) in [5.74, 6) is -0.359. The number of ketones is 1. The summed E-state index contributed by atoms with van der Waals surface area (Å²) in [7, 11) is 0. The summed E-state index contributed by atoms with van der Waals surface area (Å²) in [6, 6.07) is 5.17. The van der Waals surface area contributed by atoms with Gasteiger partial charge in [0, 0.05) is 32.8 Å². The number of hydrogen-bond acceptors (Lipinski definition) is 5. The molecule has 2 amide bonds. The van der Waals surface area contributed by atoms with Crippen molar-refractivity contribution in [1.82, 2.24) is 20.1 Å². The Morgan fingerprint density at radius 1 is 1.26 bits per heavy atom. The quantitative estimate of drug-likeness (QED) is 0.832. The zero-order valence-electron chi connectivity index (χ0n) is 15.1. The monoisotopic (exact) mass is 367 g/mol. The van der Waals surface area contributed by atoms with E-state index in [0.29, 0.717) is 26.1 Å². The van der Waals surface area contributed by atoms with Crippen molar-refractivity contribution >= 4 is 23.3 Å². The number of rotatable bonds is 3. The first kappa shape index (κ1) is 17.4. The average molecular weight is 367 g/mol. The molecule has 0 radical (unpaired) electrons. The van der Waals surface area contributed by atoms with Crippen LogP contribution in [0.15, 0.2) is 30.6 Å². The first-order chi connectivity index (χ1) is 13.0. The van der Waals surface area contributed by atoms with Gasteiger partial charge in [0.15, 0.2) is 5.78 Å². The smallest absolute Gasteiger partial charge is 0.271 e. The number of amides is 2. The van der Waals surface area contributed by atoms with E-state index >= 15 is 0 Å². The lowest BCUT2D eigenvalue weighted by Gasteiger charge is -2.38. The van der Waals surface area contributed by atoms with Crippen LogP contribution in [0.1, 0.15) is 47.2 Å². The van der Waals surface area contributed by atoms with Crippen molar-refractivity contribution in [2.75, 3.05) is 24.5 Å². The van der Waals surface area contributed by atoms with E-state index < -0.39 is 5.41 Å². The Balaban J connectivity index is 1.53. The Morgan fingerprint density at radius 2 is 2.11 bits per heavy atom. The van der Waals surface area contributed by atoms with Gasteiger partial charge in [-0.1, -0.05) is 0 Å². The fourth-order valence-electron chi connectivity index (χ4n) is 4.05. The molecule has 2 aliphatic heterocycles. The molecular formula is C19H21N5O3. The van der Waals surface area contributed by atoms with Crippen LogP contribution < -0.4 is 4.90 Å². The van der Waals surface area contributed by atoms with Crippen LogP contribution in [0, 0.1) is 5.41 Å². The molecule has 140 valence electrons. The van der Waals surface area contributed by atoms with Gasteiger partial charge in [-0.25, -0.2) is 0 Å². The first-order valence-electron chi connectivity index (χ1n) is 9.08. The van der Waals surface area contributed by atoms with Gasteiger partial charge in [0.05, 0.1) is 17.3 Å². The summed E-state index contributed by atoms with van der Waals surface area (Å²) in [6.45, 7) is 3.01. The molecule has 2 aromatic heterocycles. The molecule has 1 spiro atoms. The predicted molar refractivity (Wildman–Crippen MR) is 97.4 cm³/mol. The Bertz CT molecular complexity index is 894. The van der Waals surface area contributed by atoms with Crippen LogP contribution in [0.5, 0.6) is 0 Å². The molecular weight excluding hydrogens is 346 g/mol. The second-order valence-electron chi connectivity index (χ2n) is 7.25. The van der Waals surface area contributed by atoms with Gasteiger partial charge in [-0.3, -0.25) is 24.5 Å². The van der Waals surface area contributed by atoms with Crippen molar-refractivity contribution in [3.8, 4) is 0 Å². The Hall–Kier alpha value is -3.03. The van der Waals surface area contributed by atoms with Crippen LogP contribution in [-0.4, -0.2) is 57.3 Å². The molecule has 0 aliphatic carbocycles. The molecule has 2 fully saturated rings. The number of anilines is 1. The maximum absolute atomic E-state index is 13.2. The minimum atomic E-state index is -0.548. The van der Waals surface area contributed by atoms with Gasteiger partial charge < -0.3 is 9.80 Å². The molecule has 8 heteroatoms. The zero-order chi connectivity index (χ0) is 19.0. The average Bonchev–Trinajstić information content (AvgIpc) is 3.29. The topological polar surface area (TPSA) is 99.3 Å². The normalized spacial score (nSPS) is 22.5. The van der Waals surface area contributed by atoms with Crippen molar-refractivity contribution in [2.24, 2.45) is 5.41 Å². The summed E-state index contributed by atoms with van der Waals surface area (Å²) < 4.78 is 0. The van der Waals surface area contributed by atoms with Gasteiger partial charge in [0.2, 0.25) is 5.91 Å². The molecule has 1 atom stereocenters. The van der Waals surface area contributed by atoms with Crippen LogP contribution in [0.3, 0.4) is 0 Å². The second kappa shape index (κ2) is 6.61. The van der Waals surface area contributed by atoms with Crippen molar-refractivity contribution in [2.45, 2.75) is 26.2 Å². The molecule has 4 rings (SSSR count). The van der Waals surface area contributed by atoms with Crippen LogP contribution >= 0.6 is 0 Å². The van der Waals surface area contributed by atoms with Gasteiger partial charge in [-0.05, 0) is 37.5 Å². The van der Waals surface area contributed by atoms with E-state index in [4.69, 9.17) is 0 Å². The molecule has 2 aromatic rings. The molecule has 0 aromatic carbocycles. The number of H-pyrrole nitrogens is 1. The molecule has 27 heavy (non-hydrogen) atoms. The van der Waals surface area contributed by atoms with E-state index in [9.17, 15) is 14.4 Å². The lowest BCUT2D eigenvalue weighted by Crippen LogP contribution is -2.50. The van der Waals surface area contributed by atoms with E-state index in [1.807, 2.05) is 12.1 Å². The third kappa shape index (κ3) is 3.01. The maximum atomic E-state index is 13.2. The highest BCUT2D eigenvalue weighted by molar-refractivity contribution is 6.01. The van der Waals surface area contributed by atoms with Gasteiger partial charge in [-0.15, -0.1) is 0 Å². The lowest BCUT2D eigenvalue weighted by molar-refractivity contribution is -0.127. The Kier molecular flexibility index (Phi) is 4.25. The van der Waals surface area contributed by atoms with E-state index in [1.54, 1.807) is 22.2 Å². The molecule has 2 saturated heterocycles. The van der Waals surface area contributed by atoms with Gasteiger partial charge in [0.1, 0.15) is 11.4 Å². The fraction of sp³-hybridized carbons (Fsp3) is 0.421. The lowest BCUT2D eigenvalue weighted by atomic mass is 9.78. The molecule has 0 bridgehead atoms. The Morgan fingerprint density at radius 3 is 2.81 bits per heavy atom. The highest BCUT2D eigenvalue weighted by Gasteiger charge is 2.50. The van der Waals surface area contributed by atoms with Gasteiger partial charge in [-0.2, -0.15) is 5.10 Å². The van der Waals surface area contributed by atoms with Gasteiger partial charge in [0.25, 0.3) is 5.91 Å². The number of piperidine rings is 1. The number of aromatic amines is 1. The zero-order valence-corrected chi connectivity index (χ0v) is 15.1. The molecule has 0 saturated carbocycles. The number of nitrogens with zero attached hydrogens (tertiary/aromatic N) is 4. The molecule has 1 unspecified atom stereocenters. The summed E-state index contributed by atoms with van der Waals surface area (Å²) in [5, 5.41) is 6.53. The number of Topliss-reactive ketones (excluding diaryl/α,β-unsaturated/α-hetero) is 1. The van der Waals surface area contributed by atoms with Crippen molar-refractivity contribution in [3.63, 3.8) is 0 Å². The summed E-state index contributed by atoms with van der Waals surface area (Å²) in [5.41, 5.74) is 0.770. The predicted octanol–water partition coefficient (Wildman–Crippen LogP) is 1.67. The largest absolute Gasteiger partial charge is 0.336 e. The van der Waals surface area contributed by atoms with E-state index in [2.05, 4.69) is 15.2 Å². The first-order valence-corrected chi connectivity index (χ1v) is 9.08. The van der Waals surface area contributed by atoms with E-state index in [-0.39, 0.29) is 29.0 Å². The second-order valence-corrected chi connectivity index (χ2v) is 7.25. The molecule has 1 N–H and O–H groups in total. The maximum Gasteiger partial charge on any atom is 0.271 e. The summed E-state index contributed by atoms with van der Waals surface area (Å²) in [6.07, 6.45) is 5.63. The number of aromatic nitrogens is 3. The van der Waals surface area contributed by atoms with E-state index in [0.717, 1.165) is 18.5 Å². The number of carbonyl (C=O) groups excluding carboxylic acids is 3. The number of pyridine rings is 1. The van der Waals surface area contributed by atoms with Crippen molar-refractivity contribution in [3.05, 3.63) is 42.0 Å². The third-order valence-electron chi connectivity index (χ3n) is 5.50. The third-order valence-corrected chi connectivity index (χ3v) is 5.50. The number of hydrogen-bond donors (Lipinski definition) is 1.